The van der Waals surface area contributed by atoms with Gasteiger partial charge in [-0.2, -0.15) is 0 Å². The molecule has 1 spiro atoms. The molecule has 0 unspecified atom stereocenters. The highest BCUT2D eigenvalue weighted by Gasteiger charge is 2.90. The number of fused-ring (bicyclic) bond motifs is 5. The lowest BCUT2D eigenvalue weighted by atomic mass is 9.36. The van der Waals surface area contributed by atoms with E-state index in [2.05, 4.69) is 6.92 Å². The molecular weight excluding hydrogens is 544 g/mol. The van der Waals surface area contributed by atoms with Gasteiger partial charge in [-0.3, -0.25) is 14.4 Å². The van der Waals surface area contributed by atoms with E-state index in [-0.39, 0.29) is 12.8 Å². The van der Waals surface area contributed by atoms with Crippen LogP contribution in [0.1, 0.15) is 78.9 Å². The molecule has 1 aromatic heterocycles. The van der Waals surface area contributed by atoms with Crippen molar-refractivity contribution in [2.75, 3.05) is 7.11 Å². The molecular formula is C32H40O10. The third kappa shape index (κ3) is 3.39. The molecule has 6 rings (SSSR count). The summed E-state index contributed by atoms with van der Waals surface area (Å²) in [7, 11) is 1.30. The molecule has 1 aromatic rings. The molecule has 3 aliphatic carbocycles. The fourth-order valence-electron chi connectivity index (χ4n) is 9.75. The third-order valence-corrected chi connectivity index (χ3v) is 11.8. The number of carbonyl (C=O) groups excluding carboxylic acids is 4. The summed E-state index contributed by atoms with van der Waals surface area (Å²) in [5.74, 6) is -3.53. The number of epoxide rings is 1. The van der Waals surface area contributed by atoms with Crippen LogP contribution in [0.5, 0.6) is 0 Å². The van der Waals surface area contributed by atoms with Crippen molar-refractivity contribution in [3.05, 3.63) is 35.8 Å². The Balaban J connectivity index is 1.53. The lowest BCUT2D eigenvalue weighted by molar-refractivity contribution is -0.250. The van der Waals surface area contributed by atoms with Gasteiger partial charge in [0.15, 0.2) is 11.4 Å². The Morgan fingerprint density at radius 3 is 2.50 bits per heavy atom. The second kappa shape index (κ2) is 9.02. The summed E-state index contributed by atoms with van der Waals surface area (Å²) >= 11 is 0. The monoisotopic (exact) mass is 584 g/mol. The molecule has 10 heteroatoms. The first kappa shape index (κ1) is 29.1. The van der Waals surface area contributed by atoms with Gasteiger partial charge >= 0.3 is 17.9 Å². The molecule has 0 radical (unpaired) electrons. The Labute approximate surface area is 245 Å². The summed E-state index contributed by atoms with van der Waals surface area (Å²) in [6, 6.07) is 1.78. The first-order chi connectivity index (χ1) is 19.6. The fraction of sp³-hybridized carbons (Fsp3) is 0.688. The Morgan fingerprint density at radius 1 is 1.17 bits per heavy atom. The van der Waals surface area contributed by atoms with Crippen LogP contribution in [-0.2, 0) is 38.1 Å². The van der Waals surface area contributed by atoms with Crippen molar-refractivity contribution in [1.29, 1.82) is 0 Å². The molecule has 42 heavy (non-hydrogen) atoms. The lowest BCUT2D eigenvalue weighted by Crippen LogP contribution is -2.80. The zero-order valence-corrected chi connectivity index (χ0v) is 25.2. The molecule has 5 aliphatic rings. The maximum atomic E-state index is 14.7. The molecule has 2 bridgehead atoms. The molecule has 10 nitrogen and oxygen atoms in total. The average molecular weight is 585 g/mol. The molecule has 0 aromatic carbocycles. The van der Waals surface area contributed by atoms with Crippen LogP contribution in [0.3, 0.4) is 0 Å². The standard InChI is InChI=1S/C32H40O10/c1-8-16(2)24(35)41-26-28(3,4)19(13-21(33)38-7)30(6)18-9-11-29(5)20(32(18)27(42-32)31(26,37)25(30)36)14-22(34)40-23(29)17-10-12-39-15-17/h8,10,12,15,18-20,23,26-27,37H,9,11,13-14H2,1-7H3/t18-,19+,20-,23+,26+,27-,29-,30-,31+,32-/m1/s1. The smallest absolute Gasteiger partial charge is 0.333 e. The number of esters is 3. The van der Waals surface area contributed by atoms with Crippen LogP contribution in [0.4, 0.5) is 0 Å². The molecule has 228 valence electrons. The highest BCUT2D eigenvalue weighted by molar-refractivity contribution is 5.99. The Hall–Kier alpha value is -2.98. The number of allylic oxidation sites excluding steroid dienone is 1. The summed E-state index contributed by atoms with van der Waals surface area (Å²) in [6.45, 7) is 10.8. The molecule has 3 saturated carbocycles. The SMILES string of the molecule is CC=C(C)C(=O)O[C@H]1C(C)(C)[C@H](CC(=O)OC)[C@]2(C)C(=O)[C@@]1(O)[C@H]1O[C@]13[C@@H]1CC(=O)O[C@@H](c4ccoc4)[C@]1(C)CC[C@H]23. The van der Waals surface area contributed by atoms with E-state index in [1.54, 1.807) is 32.3 Å². The Kier molecular flexibility index (Phi) is 6.25. The van der Waals surface area contributed by atoms with Crippen molar-refractivity contribution in [1.82, 2.24) is 0 Å². The molecule has 0 amide bonds. The number of ether oxygens (including phenoxy) is 4. The van der Waals surface area contributed by atoms with E-state index in [0.717, 1.165) is 5.56 Å². The number of carbonyl (C=O) groups is 4. The van der Waals surface area contributed by atoms with Crippen LogP contribution in [0, 0.1) is 34.0 Å². The van der Waals surface area contributed by atoms with Crippen LogP contribution < -0.4 is 0 Å². The quantitative estimate of drug-likeness (QED) is 0.235. The summed E-state index contributed by atoms with van der Waals surface area (Å²) < 4.78 is 29.0. The van der Waals surface area contributed by atoms with E-state index >= 15 is 0 Å². The number of hydrogen-bond donors (Lipinski definition) is 1. The van der Waals surface area contributed by atoms with E-state index in [1.807, 2.05) is 20.8 Å². The normalized spacial score (nSPS) is 45.1. The zero-order chi connectivity index (χ0) is 30.6. The lowest BCUT2D eigenvalue weighted by Gasteiger charge is -2.66. The van der Waals surface area contributed by atoms with E-state index in [1.165, 1.54) is 13.4 Å². The summed E-state index contributed by atoms with van der Waals surface area (Å²) in [5.41, 5.74) is -5.08. The minimum Gasteiger partial charge on any atom is -0.472 e. The van der Waals surface area contributed by atoms with Crippen LogP contribution in [-0.4, -0.2) is 59.3 Å². The van der Waals surface area contributed by atoms with Gasteiger partial charge in [-0.1, -0.05) is 33.8 Å². The van der Waals surface area contributed by atoms with Gasteiger partial charge < -0.3 is 28.5 Å². The van der Waals surface area contributed by atoms with Gasteiger partial charge in [0.2, 0.25) is 0 Å². The van der Waals surface area contributed by atoms with E-state index in [0.29, 0.717) is 18.4 Å². The van der Waals surface area contributed by atoms with Gasteiger partial charge in [-0.05, 0) is 38.7 Å². The number of ketones is 1. The number of Topliss-reactive ketones (excluding diaryl/α,β-unsaturated/α-hetero) is 1. The molecule has 10 atom stereocenters. The van der Waals surface area contributed by atoms with E-state index < -0.39 is 87.2 Å². The highest BCUT2D eigenvalue weighted by Crippen LogP contribution is 2.78. The zero-order valence-electron chi connectivity index (χ0n) is 25.2. The second-order valence-corrected chi connectivity index (χ2v) is 14.0. The maximum absolute atomic E-state index is 14.7. The predicted molar refractivity (Wildman–Crippen MR) is 145 cm³/mol. The summed E-state index contributed by atoms with van der Waals surface area (Å²) in [4.78, 5) is 53.9. The Bertz CT molecular complexity index is 1380. The van der Waals surface area contributed by atoms with E-state index in [9.17, 15) is 24.3 Å². The van der Waals surface area contributed by atoms with Gasteiger partial charge in [0.1, 0.15) is 23.9 Å². The summed E-state index contributed by atoms with van der Waals surface area (Å²) in [5, 5.41) is 12.7. The van der Waals surface area contributed by atoms with Gasteiger partial charge in [-0.25, -0.2) is 4.79 Å². The molecule has 3 heterocycles. The van der Waals surface area contributed by atoms with Crippen LogP contribution in [0.2, 0.25) is 0 Å². The predicted octanol–water partition coefficient (Wildman–Crippen LogP) is 3.85. The highest BCUT2D eigenvalue weighted by atomic mass is 16.6. The van der Waals surface area contributed by atoms with Gasteiger partial charge in [0.05, 0.1) is 26.1 Å². The minimum atomic E-state index is -2.20. The summed E-state index contributed by atoms with van der Waals surface area (Å²) in [6.07, 6.45) is 2.89. The third-order valence-electron chi connectivity index (χ3n) is 11.8. The Morgan fingerprint density at radius 2 is 1.88 bits per heavy atom. The maximum Gasteiger partial charge on any atom is 0.333 e. The second-order valence-electron chi connectivity index (χ2n) is 14.0. The van der Waals surface area contributed by atoms with Crippen molar-refractivity contribution < 1.29 is 47.6 Å². The van der Waals surface area contributed by atoms with Crippen molar-refractivity contribution in [3.8, 4) is 0 Å². The largest absolute Gasteiger partial charge is 0.472 e. The van der Waals surface area contributed by atoms with Crippen molar-refractivity contribution in [2.24, 2.45) is 34.0 Å². The van der Waals surface area contributed by atoms with Crippen molar-refractivity contribution in [3.63, 3.8) is 0 Å². The number of hydrogen-bond acceptors (Lipinski definition) is 10. The van der Waals surface area contributed by atoms with Gasteiger partial charge in [0.25, 0.3) is 0 Å². The molecule has 2 saturated heterocycles. The van der Waals surface area contributed by atoms with Gasteiger partial charge in [-0.15, -0.1) is 0 Å². The molecule has 2 aliphatic heterocycles. The van der Waals surface area contributed by atoms with E-state index in [4.69, 9.17) is 23.4 Å². The molecule has 5 fully saturated rings. The first-order valence-electron chi connectivity index (χ1n) is 14.7. The first-order valence-corrected chi connectivity index (χ1v) is 14.7. The van der Waals surface area contributed by atoms with Crippen molar-refractivity contribution >= 4 is 23.7 Å². The average Bonchev–Trinajstić information content (AvgIpc) is 3.44. The van der Waals surface area contributed by atoms with Crippen LogP contribution in [0.15, 0.2) is 34.7 Å². The number of cyclic esters (lactones) is 1. The van der Waals surface area contributed by atoms with Gasteiger partial charge in [0, 0.05) is 45.6 Å². The van der Waals surface area contributed by atoms with Crippen LogP contribution >= 0.6 is 0 Å². The van der Waals surface area contributed by atoms with Crippen molar-refractivity contribution in [2.45, 2.75) is 96.7 Å². The molecule has 1 N–H and O–H groups in total. The minimum absolute atomic E-state index is 0.0470. The number of aliphatic hydroxyl groups is 1. The topological polar surface area (TPSA) is 142 Å². The fourth-order valence-corrected chi connectivity index (χ4v) is 9.75. The number of methoxy groups -OCH3 is 1. The van der Waals surface area contributed by atoms with Crippen LogP contribution in [0.25, 0.3) is 0 Å². The number of furan rings is 1. The number of rotatable bonds is 5.